The molecular formula is C29H33NO6. The summed E-state index contributed by atoms with van der Waals surface area (Å²) in [6.45, 7) is 4.72. The fourth-order valence-electron chi connectivity index (χ4n) is 5.05. The van der Waals surface area contributed by atoms with E-state index in [-0.39, 0.29) is 18.3 Å². The summed E-state index contributed by atoms with van der Waals surface area (Å²) in [6.07, 6.45) is 1.04. The second-order valence-electron chi connectivity index (χ2n) is 8.87. The van der Waals surface area contributed by atoms with Gasteiger partial charge in [0.1, 0.15) is 18.1 Å². The molecule has 0 saturated heterocycles. The third-order valence-corrected chi connectivity index (χ3v) is 6.74. The van der Waals surface area contributed by atoms with E-state index in [9.17, 15) is 9.59 Å². The molecule has 0 unspecified atom stereocenters. The first-order valence-corrected chi connectivity index (χ1v) is 12.2. The number of Topliss-reactive ketones (excluding diaryl/α,β-unsaturated/α-hetero) is 1. The van der Waals surface area contributed by atoms with Gasteiger partial charge in [0.25, 0.3) is 0 Å². The Morgan fingerprint density at radius 2 is 1.81 bits per heavy atom. The Morgan fingerprint density at radius 1 is 1.03 bits per heavy atom. The quantitative estimate of drug-likeness (QED) is 0.404. The topological polar surface area (TPSA) is 83.1 Å². The van der Waals surface area contributed by atoms with Gasteiger partial charge in [0, 0.05) is 41.6 Å². The van der Waals surface area contributed by atoms with Crippen LogP contribution in [0.25, 0.3) is 0 Å². The summed E-state index contributed by atoms with van der Waals surface area (Å²) in [5, 5.41) is 3.38. The first-order valence-electron chi connectivity index (χ1n) is 12.2. The molecule has 0 fully saturated rings. The van der Waals surface area contributed by atoms with Gasteiger partial charge in [-0.3, -0.25) is 4.79 Å². The van der Waals surface area contributed by atoms with E-state index < -0.39 is 11.9 Å². The SMILES string of the molecule is CCOCCOC(=O)C1=C(C)NC2=C(C(=O)C[C@@H](c3ccccc3)C2)[C@H]1c1ccc(OC)cc1OC. The van der Waals surface area contributed by atoms with Gasteiger partial charge in [0.15, 0.2) is 5.78 Å². The molecule has 1 aliphatic carbocycles. The van der Waals surface area contributed by atoms with Crippen molar-refractivity contribution >= 4 is 11.8 Å². The monoisotopic (exact) mass is 491 g/mol. The number of rotatable bonds is 9. The third-order valence-electron chi connectivity index (χ3n) is 6.74. The third kappa shape index (κ3) is 5.16. The van der Waals surface area contributed by atoms with Gasteiger partial charge >= 0.3 is 5.97 Å². The fourth-order valence-corrected chi connectivity index (χ4v) is 5.05. The number of carbonyl (C=O) groups excluding carboxylic acids is 2. The summed E-state index contributed by atoms with van der Waals surface area (Å²) in [5.41, 5.74) is 4.34. The van der Waals surface area contributed by atoms with Crippen LogP contribution in [0.3, 0.4) is 0 Å². The maximum Gasteiger partial charge on any atom is 0.336 e. The molecule has 2 atom stereocenters. The molecule has 0 aromatic heterocycles. The molecule has 0 amide bonds. The van der Waals surface area contributed by atoms with E-state index in [1.807, 2.05) is 44.2 Å². The Kier molecular flexibility index (Phi) is 8.10. The minimum Gasteiger partial charge on any atom is -0.497 e. The molecule has 2 aliphatic rings. The molecule has 7 heteroatoms. The molecule has 1 aliphatic heterocycles. The van der Waals surface area contributed by atoms with Gasteiger partial charge in [-0.2, -0.15) is 0 Å². The highest BCUT2D eigenvalue weighted by Crippen LogP contribution is 2.48. The molecule has 0 bridgehead atoms. The number of allylic oxidation sites excluding steroid dienone is 3. The summed E-state index contributed by atoms with van der Waals surface area (Å²) in [7, 11) is 3.15. The van der Waals surface area contributed by atoms with Crippen molar-refractivity contribution in [1.82, 2.24) is 5.32 Å². The van der Waals surface area contributed by atoms with Crippen LogP contribution in [0.1, 0.15) is 49.7 Å². The molecule has 36 heavy (non-hydrogen) atoms. The van der Waals surface area contributed by atoms with Crippen molar-refractivity contribution < 1.29 is 28.5 Å². The lowest BCUT2D eigenvalue weighted by atomic mass is 9.71. The van der Waals surface area contributed by atoms with Gasteiger partial charge < -0.3 is 24.3 Å². The summed E-state index contributed by atoms with van der Waals surface area (Å²) in [4.78, 5) is 27.1. The maximum absolute atomic E-state index is 13.7. The molecule has 2 aromatic carbocycles. The van der Waals surface area contributed by atoms with Gasteiger partial charge in [-0.1, -0.05) is 36.4 Å². The Morgan fingerprint density at radius 3 is 2.50 bits per heavy atom. The zero-order chi connectivity index (χ0) is 25.7. The van der Waals surface area contributed by atoms with Gasteiger partial charge in [0.05, 0.1) is 32.3 Å². The number of methoxy groups -OCH3 is 2. The predicted molar refractivity (Wildman–Crippen MR) is 136 cm³/mol. The lowest BCUT2D eigenvalue weighted by molar-refractivity contribution is -0.140. The van der Waals surface area contributed by atoms with Crippen molar-refractivity contribution in [3.63, 3.8) is 0 Å². The molecule has 190 valence electrons. The number of ether oxygens (including phenoxy) is 4. The highest BCUT2D eigenvalue weighted by atomic mass is 16.6. The molecule has 7 nitrogen and oxygen atoms in total. The highest BCUT2D eigenvalue weighted by Gasteiger charge is 2.42. The zero-order valence-corrected chi connectivity index (χ0v) is 21.3. The molecule has 0 radical (unpaired) electrons. The maximum atomic E-state index is 13.7. The normalized spacial score (nSPS) is 19.5. The smallest absolute Gasteiger partial charge is 0.336 e. The van der Waals surface area contributed by atoms with E-state index in [0.717, 1.165) is 16.8 Å². The molecule has 2 aromatic rings. The number of esters is 1. The average Bonchev–Trinajstić information content (AvgIpc) is 2.90. The number of benzene rings is 2. The molecule has 0 spiro atoms. The number of nitrogens with one attached hydrogen (secondary N) is 1. The van der Waals surface area contributed by atoms with Crippen LogP contribution in [0.15, 0.2) is 71.1 Å². The van der Waals surface area contributed by atoms with Crippen molar-refractivity contribution in [3.05, 3.63) is 82.2 Å². The summed E-state index contributed by atoms with van der Waals surface area (Å²) >= 11 is 0. The average molecular weight is 492 g/mol. The lowest BCUT2D eigenvalue weighted by Crippen LogP contribution is -2.36. The van der Waals surface area contributed by atoms with Crippen molar-refractivity contribution in [2.45, 2.75) is 38.5 Å². The molecule has 4 rings (SSSR count). The van der Waals surface area contributed by atoms with Gasteiger partial charge in [-0.25, -0.2) is 4.79 Å². The second kappa shape index (κ2) is 11.4. The summed E-state index contributed by atoms with van der Waals surface area (Å²) in [5.74, 6) is 0.138. The molecule has 1 N–H and O–H groups in total. The molecule has 0 saturated carbocycles. The Labute approximate surface area is 212 Å². The van der Waals surface area contributed by atoms with Crippen LogP contribution < -0.4 is 14.8 Å². The number of ketones is 1. The van der Waals surface area contributed by atoms with E-state index >= 15 is 0 Å². The largest absolute Gasteiger partial charge is 0.497 e. The van der Waals surface area contributed by atoms with Gasteiger partial charge in [-0.05, 0) is 37.8 Å². The second-order valence-corrected chi connectivity index (χ2v) is 8.87. The van der Waals surface area contributed by atoms with E-state index in [1.165, 1.54) is 0 Å². The number of hydrogen-bond donors (Lipinski definition) is 1. The van der Waals surface area contributed by atoms with Crippen LogP contribution in [0.2, 0.25) is 0 Å². The highest BCUT2D eigenvalue weighted by molar-refractivity contribution is 6.04. The fraction of sp³-hybridized carbons (Fsp3) is 0.379. The predicted octanol–water partition coefficient (Wildman–Crippen LogP) is 4.65. The van der Waals surface area contributed by atoms with Crippen LogP contribution in [-0.2, 0) is 19.1 Å². The van der Waals surface area contributed by atoms with Crippen LogP contribution in [0.5, 0.6) is 11.5 Å². The Hall–Kier alpha value is -3.58. The van der Waals surface area contributed by atoms with Gasteiger partial charge in [0.2, 0.25) is 0 Å². The number of dihydropyridines is 1. The molecular weight excluding hydrogens is 458 g/mol. The minimum absolute atomic E-state index is 0.00703. The van der Waals surface area contributed by atoms with E-state index in [4.69, 9.17) is 18.9 Å². The van der Waals surface area contributed by atoms with Crippen LogP contribution in [0.4, 0.5) is 0 Å². The van der Waals surface area contributed by atoms with Crippen LogP contribution >= 0.6 is 0 Å². The van der Waals surface area contributed by atoms with Crippen molar-refractivity contribution in [1.29, 1.82) is 0 Å². The first-order chi connectivity index (χ1) is 17.5. The Balaban J connectivity index is 1.78. The minimum atomic E-state index is -0.620. The first kappa shape index (κ1) is 25.5. The lowest BCUT2D eigenvalue weighted by Gasteiger charge is -2.37. The van der Waals surface area contributed by atoms with Gasteiger partial charge in [-0.15, -0.1) is 0 Å². The van der Waals surface area contributed by atoms with Crippen molar-refractivity contribution in [2.75, 3.05) is 34.0 Å². The molecule has 1 heterocycles. The van der Waals surface area contributed by atoms with Crippen LogP contribution in [-0.4, -0.2) is 45.8 Å². The number of carbonyl (C=O) groups is 2. The standard InChI is InChI=1S/C29H33NO6/c1-5-35-13-14-36-29(32)26-18(2)30-23-15-20(19-9-7-6-8-10-19)16-24(31)28(23)27(26)22-12-11-21(33-3)17-25(22)34-4/h6-12,17,20,27,30H,5,13-16H2,1-4H3/t20-,27-/m0/s1. The van der Waals surface area contributed by atoms with E-state index in [2.05, 4.69) is 17.4 Å². The number of hydrogen-bond acceptors (Lipinski definition) is 7. The summed E-state index contributed by atoms with van der Waals surface area (Å²) in [6, 6.07) is 15.5. The van der Waals surface area contributed by atoms with Crippen LogP contribution in [0, 0.1) is 0 Å². The zero-order valence-electron chi connectivity index (χ0n) is 21.3. The summed E-state index contributed by atoms with van der Waals surface area (Å²) < 4.78 is 22.0. The Bertz CT molecular complexity index is 1180. The van der Waals surface area contributed by atoms with Crippen molar-refractivity contribution in [3.8, 4) is 11.5 Å². The van der Waals surface area contributed by atoms with Crippen molar-refractivity contribution in [2.24, 2.45) is 0 Å². The van der Waals surface area contributed by atoms with E-state index in [0.29, 0.717) is 54.4 Å². The van der Waals surface area contributed by atoms with E-state index in [1.54, 1.807) is 20.3 Å².